The van der Waals surface area contributed by atoms with Crippen LogP contribution in [0.3, 0.4) is 0 Å². The molecular formula is C8H10O5. The fourth-order valence-electron chi connectivity index (χ4n) is 1.20. The smallest absolute Gasteiger partial charge is 0.341 e. The number of ether oxygens (including phenoxy) is 1. The zero-order chi connectivity index (χ0) is 10.2. The number of carbonyl (C=O) groups excluding carboxylic acids is 2. The third-order valence-electron chi connectivity index (χ3n) is 1.76. The molecule has 0 aromatic rings. The van der Waals surface area contributed by atoms with Crippen molar-refractivity contribution in [3.63, 3.8) is 0 Å². The first-order valence-corrected chi connectivity index (χ1v) is 3.81. The van der Waals surface area contributed by atoms with Crippen molar-refractivity contribution in [1.82, 2.24) is 0 Å². The van der Waals surface area contributed by atoms with Gasteiger partial charge in [-0.3, -0.25) is 9.59 Å². The SMILES string of the molecule is CC1(C)CC(=O)C(=O)C(C(=O)O)O1. The van der Waals surface area contributed by atoms with E-state index in [2.05, 4.69) is 0 Å². The van der Waals surface area contributed by atoms with Gasteiger partial charge in [-0.2, -0.15) is 0 Å². The van der Waals surface area contributed by atoms with E-state index in [-0.39, 0.29) is 6.42 Å². The fourth-order valence-corrected chi connectivity index (χ4v) is 1.20. The molecule has 0 spiro atoms. The maximum absolute atomic E-state index is 11.0. The van der Waals surface area contributed by atoms with Gasteiger partial charge in [0.25, 0.3) is 0 Å². The zero-order valence-electron chi connectivity index (χ0n) is 7.36. The first-order chi connectivity index (χ1) is 5.83. The van der Waals surface area contributed by atoms with Crippen LogP contribution in [-0.4, -0.2) is 34.3 Å². The van der Waals surface area contributed by atoms with Crippen molar-refractivity contribution in [3.05, 3.63) is 0 Å². The van der Waals surface area contributed by atoms with Gasteiger partial charge in [-0.05, 0) is 13.8 Å². The second-order valence-electron chi connectivity index (χ2n) is 3.56. The van der Waals surface area contributed by atoms with E-state index in [0.717, 1.165) is 0 Å². The van der Waals surface area contributed by atoms with Crippen LogP contribution < -0.4 is 0 Å². The Labute approximate surface area is 74.7 Å². The second kappa shape index (κ2) is 2.92. The molecule has 0 saturated carbocycles. The molecule has 0 aromatic heterocycles. The summed E-state index contributed by atoms with van der Waals surface area (Å²) in [6, 6.07) is 0. The van der Waals surface area contributed by atoms with E-state index < -0.39 is 29.2 Å². The van der Waals surface area contributed by atoms with E-state index >= 15 is 0 Å². The van der Waals surface area contributed by atoms with E-state index in [9.17, 15) is 14.4 Å². The molecule has 1 N–H and O–H groups in total. The summed E-state index contributed by atoms with van der Waals surface area (Å²) >= 11 is 0. The van der Waals surface area contributed by atoms with Crippen LogP contribution in [0.25, 0.3) is 0 Å². The number of hydrogen-bond acceptors (Lipinski definition) is 4. The van der Waals surface area contributed by atoms with Crippen LogP contribution in [0.15, 0.2) is 0 Å². The summed E-state index contributed by atoms with van der Waals surface area (Å²) in [6.45, 7) is 3.15. The largest absolute Gasteiger partial charge is 0.479 e. The van der Waals surface area contributed by atoms with Crippen LogP contribution >= 0.6 is 0 Å². The number of rotatable bonds is 1. The lowest BCUT2D eigenvalue weighted by Gasteiger charge is -2.31. The molecule has 0 aromatic carbocycles. The summed E-state index contributed by atoms with van der Waals surface area (Å²) in [5.74, 6) is -3.05. The number of aliphatic carboxylic acids is 1. The molecule has 0 aliphatic carbocycles. The van der Waals surface area contributed by atoms with Crippen molar-refractivity contribution < 1.29 is 24.2 Å². The Morgan fingerprint density at radius 3 is 2.54 bits per heavy atom. The maximum Gasteiger partial charge on any atom is 0.341 e. The van der Waals surface area contributed by atoms with Crippen molar-refractivity contribution in [2.75, 3.05) is 0 Å². The summed E-state index contributed by atoms with van der Waals surface area (Å²) in [4.78, 5) is 32.5. The number of carboxylic acid groups (broad SMARTS) is 1. The monoisotopic (exact) mass is 186 g/mol. The average Bonchev–Trinajstić information content (AvgIpc) is 1.95. The molecule has 1 saturated heterocycles. The number of carbonyl (C=O) groups is 3. The van der Waals surface area contributed by atoms with Gasteiger partial charge in [0.05, 0.1) is 5.60 Å². The van der Waals surface area contributed by atoms with Gasteiger partial charge in [0.15, 0.2) is 0 Å². The highest BCUT2D eigenvalue weighted by Gasteiger charge is 2.44. The van der Waals surface area contributed by atoms with Gasteiger partial charge < -0.3 is 9.84 Å². The van der Waals surface area contributed by atoms with E-state index in [1.54, 1.807) is 13.8 Å². The van der Waals surface area contributed by atoms with Crippen LogP contribution in [0.4, 0.5) is 0 Å². The van der Waals surface area contributed by atoms with Crippen molar-refractivity contribution in [3.8, 4) is 0 Å². The number of ketones is 2. The van der Waals surface area contributed by atoms with Crippen LogP contribution in [-0.2, 0) is 19.1 Å². The lowest BCUT2D eigenvalue weighted by molar-refractivity contribution is -0.178. The highest BCUT2D eigenvalue weighted by molar-refractivity contribution is 6.43. The maximum atomic E-state index is 11.0. The summed E-state index contributed by atoms with van der Waals surface area (Å²) in [5, 5.41) is 8.56. The predicted octanol–water partition coefficient (Wildman–Crippen LogP) is -0.223. The Morgan fingerprint density at radius 2 is 2.08 bits per heavy atom. The van der Waals surface area contributed by atoms with Gasteiger partial charge >= 0.3 is 5.97 Å². The van der Waals surface area contributed by atoms with Gasteiger partial charge in [0, 0.05) is 6.42 Å². The summed E-state index contributed by atoms with van der Waals surface area (Å²) < 4.78 is 4.95. The van der Waals surface area contributed by atoms with E-state index in [0.29, 0.717) is 0 Å². The van der Waals surface area contributed by atoms with Gasteiger partial charge in [-0.1, -0.05) is 0 Å². The van der Waals surface area contributed by atoms with Crippen molar-refractivity contribution in [2.45, 2.75) is 32.0 Å². The third-order valence-corrected chi connectivity index (χ3v) is 1.76. The molecule has 13 heavy (non-hydrogen) atoms. The molecule has 1 aliphatic rings. The van der Waals surface area contributed by atoms with E-state index in [4.69, 9.17) is 9.84 Å². The molecule has 0 bridgehead atoms. The summed E-state index contributed by atoms with van der Waals surface area (Å²) in [7, 11) is 0. The van der Waals surface area contributed by atoms with Gasteiger partial charge in [-0.25, -0.2) is 4.79 Å². The number of carboxylic acids is 1. The lowest BCUT2D eigenvalue weighted by Crippen LogP contribution is -2.50. The third kappa shape index (κ3) is 1.92. The van der Waals surface area contributed by atoms with Crippen LogP contribution in [0.5, 0.6) is 0 Å². The molecule has 0 amide bonds. The molecule has 72 valence electrons. The van der Waals surface area contributed by atoms with Gasteiger partial charge in [0.1, 0.15) is 0 Å². The summed E-state index contributed by atoms with van der Waals surface area (Å²) in [5.41, 5.74) is -0.867. The van der Waals surface area contributed by atoms with Crippen LogP contribution in [0, 0.1) is 0 Å². The molecule has 1 unspecified atom stereocenters. The van der Waals surface area contributed by atoms with Crippen LogP contribution in [0.2, 0.25) is 0 Å². The normalized spacial score (nSPS) is 27.4. The molecule has 1 heterocycles. The van der Waals surface area contributed by atoms with E-state index in [1.807, 2.05) is 0 Å². The molecule has 0 radical (unpaired) electrons. The summed E-state index contributed by atoms with van der Waals surface area (Å²) in [6.07, 6.45) is -1.69. The zero-order valence-corrected chi connectivity index (χ0v) is 7.36. The first-order valence-electron chi connectivity index (χ1n) is 3.81. The highest BCUT2D eigenvalue weighted by Crippen LogP contribution is 2.23. The molecule has 1 fully saturated rings. The van der Waals surface area contributed by atoms with Crippen molar-refractivity contribution in [2.24, 2.45) is 0 Å². The minimum absolute atomic E-state index is 0.0599. The van der Waals surface area contributed by atoms with Crippen molar-refractivity contribution >= 4 is 17.5 Å². The predicted molar refractivity (Wildman–Crippen MR) is 41.2 cm³/mol. The van der Waals surface area contributed by atoms with Gasteiger partial charge in [0.2, 0.25) is 17.7 Å². The average molecular weight is 186 g/mol. The Balaban J connectivity index is 2.91. The second-order valence-corrected chi connectivity index (χ2v) is 3.56. The van der Waals surface area contributed by atoms with Crippen molar-refractivity contribution in [1.29, 1.82) is 0 Å². The number of hydrogen-bond donors (Lipinski definition) is 1. The van der Waals surface area contributed by atoms with E-state index in [1.165, 1.54) is 0 Å². The fraction of sp³-hybridized carbons (Fsp3) is 0.625. The Morgan fingerprint density at radius 1 is 1.54 bits per heavy atom. The Kier molecular flexibility index (Phi) is 2.21. The molecular weight excluding hydrogens is 176 g/mol. The molecule has 1 rings (SSSR count). The molecule has 5 nitrogen and oxygen atoms in total. The quantitative estimate of drug-likeness (QED) is 0.452. The first kappa shape index (κ1) is 9.85. The minimum Gasteiger partial charge on any atom is -0.479 e. The topological polar surface area (TPSA) is 80.7 Å². The molecule has 1 aliphatic heterocycles. The lowest BCUT2D eigenvalue weighted by atomic mass is 9.93. The standard InChI is InChI=1S/C8H10O5/c1-8(2)3-4(9)5(10)6(13-8)7(11)12/h6H,3H2,1-2H3,(H,11,12). The molecule has 1 atom stereocenters. The van der Waals surface area contributed by atoms with Crippen LogP contribution in [0.1, 0.15) is 20.3 Å². The van der Waals surface area contributed by atoms with Gasteiger partial charge in [-0.15, -0.1) is 0 Å². The molecule has 5 heteroatoms. The minimum atomic E-state index is -1.63. The highest BCUT2D eigenvalue weighted by atomic mass is 16.5. The number of Topliss-reactive ketones (excluding diaryl/α,β-unsaturated/α-hetero) is 2. The Hall–Kier alpha value is -1.23. The Bertz CT molecular complexity index is 278.